The van der Waals surface area contributed by atoms with E-state index in [2.05, 4.69) is 15.4 Å². The second kappa shape index (κ2) is 21.3. The number of oxime groups is 1. The zero-order chi connectivity index (χ0) is 39.0. The van der Waals surface area contributed by atoms with Crippen LogP contribution < -0.4 is 25.4 Å². The van der Waals surface area contributed by atoms with E-state index in [0.29, 0.717) is 51.7 Å². The number of rotatable bonds is 20. The molecule has 0 fully saturated rings. The third kappa shape index (κ3) is 11.7. The highest BCUT2D eigenvalue weighted by atomic mass is 35.5. The maximum atomic E-state index is 12.4. The standard InChI is InChI=1S/C40H48Cl2N4O8/c1-5-46(6-2)38(48)16-17-51-31-12-8-10-28(19-31)32-13-9-11-29(39(32)42)25-53-37-21-36(52-24-27-15-14-26(4)34(18-27)45-54-43)30(20-33(37)41)22-44-35(23-47)40(49)50-7-3/h8-15,18-21,26,35,44,47H,5-7,16-17,22-25,43H2,1-4H3/b45-34-. The van der Waals surface area contributed by atoms with Gasteiger partial charge in [0.15, 0.2) is 0 Å². The first-order chi connectivity index (χ1) is 26.1. The maximum absolute atomic E-state index is 12.4. The Hall–Kier alpha value is -4.59. The van der Waals surface area contributed by atoms with Crippen molar-refractivity contribution < 1.29 is 38.6 Å². The average Bonchev–Trinajstić information content (AvgIpc) is 3.16. The number of amides is 1. The fourth-order valence-corrected chi connectivity index (χ4v) is 6.16. The van der Waals surface area contributed by atoms with Crippen LogP contribution in [-0.2, 0) is 32.4 Å². The van der Waals surface area contributed by atoms with Crippen LogP contribution in [0.2, 0.25) is 10.0 Å². The van der Waals surface area contributed by atoms with E-state index >= 15 is 0 Å². The molecule has 3 aromatic carbocycles. The minimum atomic E-state index is -0.948. The number of ether oxygens (including phenoxy) is 4. The van der Waals surface area contributed by atoms with Crippen LogP contribution in [0.5, 0.6) is 17.2 Å². The van der Waals surface area contributed by atoms with Gasteiger partial charge in [0.2, 0.25) is 5.91 Å². The minimum Gasteiger partial charge on any atom is -0.493 e. The molecule has 0 radical (unpaired) electrons. The van der Waals surface area contributed by atoms with Gasteiger partial charge in [-0.1, -0.05) is 77.8 Å². The fraction of sp³-hybridized carbons (Fsp3) is 0.375. The average molecular weight is 784 g/mol. The summed E-state index contributed by atoms with van der Waals surface area (Å²) in [6.45, 7) is 9.26. The van der Waals surface area contributed by atoms with Crippen molar-refractivity contribution in [3.63, 3.8) is 0 Å². The molecule has 4 rings (SSSR count). The number of carbonyl (C=O) groups excluding carboxylic acids is 2. The Labute approximate surface area is 326 Å². The van der Waals surface area contributed by atoms with Crippen molar-refractivity contribution in [2.45, 2.75) is 53.3 Å². The van der Waals surface area contributed by atoms with E-state index in [1.54, 1.807) is 24.0 Å². The maximum Gasteiger partial charge on any atom is 0.325 e. The lowest BCUT2D eigenvalue weighted by Crippen LogP contribution is -2.40. The van der Waals surface area contributed by atoms with Crippen LogP contribution in [0.15, 0.2) is 83.6 Å². The van der Waals surface area contributed by atoms with Crippen molar-refractivity contribution in [3.8, 4) is 28.4 Å². The number of esters is 1. The summed E-state index contributed by atoms with van der Waals surface area (Å²) >= 11 is 13.7. The number of benzene rings is 3. The van der Waals surface area contributed by atoms with Crippen molar-refractivity contribution in [2.75, 3.05) is 39.5 Å². The van der Waals surface area contributed by atoms with Gasteiger partial charge >= 0.3 is 5.97 Å². The Bertz CT molecular complexity index is 1830. The molecule has 0 saturated carbocycles. The van der Waals surface area contributed by atoms with Crippen LogP contribution in [0.25, 0.3) is 11.1 Å². The van der Waals surface area contributed by atoms with Crippen LogP contribution in [-0.4, -0.2) is 73.2 Å². The lowest BCUT2D eigenvalue weighted by Gasteiger charge is -2.20. The van der Waals surface area contributed by atoms with Crippen molar-refractivity contribution in [1.29, 1.82) is 0 Å². The second-order valence-electron chi connectivity index (χ2n) is 12.3. The van der Waals surface area contributed by atoms with Gasteiger partial charge in [0.25, 0.3) is 0 Å². The number of aliphatic hydroxyl groups excluding tert-OH is 1. The summed E-state index contributed by atoms with van der Waals surface area (Å²) in [5, 5.41) is 17.5. The van der Waals surface area contributed by atoms with E-state index in [9.17, 15) is 14.7 Å². The van der Waals surface area contributed by atoms with Gasteiger partial charge in [0.05, 0.1) is 42.0 Å². The molecule has 2 unspecified atom stereocenters. The molecule has 54 heavy (non-hydrogen) atoms. The third-order valence-electron chi connectivity index (χ3n) is 8.67. The molecule has 12 nitrogen and oxygen atoms in total. The molecule has 2 atom stereocenters. The number of hydrogen-bond donors (Lipinski definition) is 3. The minimum absolute atomic E-state index is 0.00745. The molecule has 1 amide bonds. The third-order valence-corrected chi connectivity index (χ3v) is 9.41. The van der Waals surface area contributed by atoms with E-state index in [4.69, 9.17) is 48.0 Å². The molecule has 290 valence electrons. The topological polar surface area (TPSA) is 154 Å². The Morgan fingerprint density at radius 1 is 0.981 bits per heavy atom. The highest BCUT2D eigenvalue weighted by Crippen LogP contribution is 2.36. The van der Waals surface area contributed by atoms with Crippen molar-refractivity contribution in [2.24, 2.45) is 17.0 Å². The van der Waals surface area contributed by atoms with Crippen LogP contribution in [0, 0.1) is 5.92 Å². The molecule has 1 aliphatic carbocycles. The summed E-state index contributed by atoms with van der Waals surface area (Å²) in [5.74, 6) is 6.06. The fourth-order valence-electron chi connectivity index (χ4n) is 5.63. The van der Waals surface area contributed by atoms with Crippen molar-refractivity contribution in [1.82, 2.24) is 10.2 Å². The van der Waals surface area contributed by atoms with E-state index in [-0.39, 0.29) is 51.2 Å². The van der Waals surface area contributed by atoms with Gasteiger partial charge in [0.1, 0.15) is 36.5 Å². The zero-order valence-corrected chi connectivity index (χ0v) is 32.5. The molecule has 0 spiro atoms. The monoisotopic (exact) mass is 782 g/mol. The Morgan fingerprint density at radius 2 is 1.74 bits per heavy atom. The quantitative estimate of drug-likeness (QED) is 0.0839. The first-order valence-corrected chi connectivity index (χ1v) is 18.6. The number of nitrogens with two attached hydrogens (primary N) is 1. The number of nitrogens with one attached hydrogen (secondary N) is 1. The molecule has 1 aliphatic rings. The Morgan fingerprint density at radius 3 is 2.46 bits per heavy atom. The first kappa shape index (κ1) is 42.2. The van der Waals surface area contributed by atoms with Crippen molar-refractivity contribution >= 4 is 40.8 Å². The molecule has 0 aliphatic heterocycles. The number of carbonyl (C=O) groups is 2. The van der Waals surface area contributed by atoms with Crippen LogP contribution in [0.3, 0.4) is 0 Å². The molecule has 0 aromatic heterocycles. The highest BCUT2D eigenvalue weighted by molar-refractivity contribution is 6.34. The van der Waals surface area contributed by atoms with Gasteiger partial charge in [0, 0.05) is 48.3 Å². The van der Waals surface area contributed by atoms with Gasteiger partial charge in [-0.05, 0) is 56.2 Å². The molecule has 3 aromatic rings. The lowest BCUT2D eigenvalue weighted by molar-refractivity contribution is -0.146. The van der Waals surface area contributed by atoms with E-state index in [1.807, 2.05) is 81.5 Å². The predicted molar refractivity (Wildman–Crippen MR) is 210 cm³/mol. The molecule has 0 saturated heterocycles. The molecular formula is C40H48Cl2N4O8. The largest absolute Gasteiger partial charge is 0.493 e. The SMILES string of the molecule is CCOC(=O)C(CO)NCc1cc(Cl)c(OCc2cccc(-c3cccc(OCCC(=O)N(CC)CC)c3)c2Cl)cc1OCC1=C/C(=N/ON)C(C)C=C1. The summed E-state index contributed by atoms with van der Waals surface area (Å²) in [7, 11) is 0. The number of nitrogens with zero attached hydrogens (tertiary/aromatic N) is 2. The number of hydrogen-bond acceptors (Lipinski definition) is 11. The highest BCUT2D eigenvalue weighted by Gasteiger charge is 2.21. The van der Waals surface area contributed by atoms with Gasteiger partial charge in [-0.3, -0.25) is 14.9 Å². The number of halogens is 2. The lowest BCUT2D eigenvalue weighted by atomic mass is 9.97. The Kier molecular flexibility index (Phi) is 16.7. The smallest absolute Gasteiger partial charge is 0.325 e. The summed E-state index contributed by atoms with van der Waals surface area (Å²) < 4.78 is 23.5. The number of aliphatic hydroxyl groups is 1. The van der Waals surface area contributed by atoms with E-state index in [0.717, 1.165) is 22.3 Å². The molecule has 0 bridgehead atoms. The van der Waals surface area contributed by atoms with Gasteiger partial charge in [-0.2, -0.15) is 0 Å². The first-order valence-electron chi connectivity index (χ1n) is 17.8. The summed E-state index contributed by atoms with van der Waals surface area (Å²) in [4.78, 5) is 31.0. The molecule has 14 heteroatoms. The van der Waals surface area contributed by atoms with E-state index in [1.165, 1.54) is 0 Å². The van der Waals surface area contributed by atoms with Crippen LogP contribution in [0.1, 0.15) is 45.2 Å². The normalized spacial score (nSPS) is 15.0. The molecule has 4 N–H and O–H groups in total. The Balaban J connectivity index is 1.52. The zero-order valence-electron chi connectivity index (χ0n) is 31.0. The summed E-state index contributed by atoms with van der Waals surface area (Å²) in [6.07, 6.45) is 6.01. The summed E-state index contributed by atoms with van der Waals surface area (Å²) in [5.41, 5.74) is 4.41. The number of allylic oxidation sites excluding steroid dienone is 2. The van der Waals surface area contributed by atoms with Crippen molar-refractivity contribution in [3.05, 3.63) is 99.6 Å². The molecular weight excluding hydrogens is 735 g/mol. The van der Waals surface area contributed by atoms with Gasteiger partial charge in [-0.15, -0.1) is 5.90 Å². The second-order valence-corrected chi connectivity index (χ2v) is 13.1. The van der Waals surface area contributed by atoms with Gasteiger partial charge in [-0.25, -0.2) is 0 Å². The predicted octanol–water partition coefficient (Wildman–Crippen LogP) is 6.65. The molecule has 0 heterocycles. The summed E-state index contributed by atoms with van der Waals surface area (Å²) in [6, 6.07) is 15.6. The van der Waals surface area contributed by atoms with E-state index < -0.39 is 18.6 Å². The van der Waals surface area contributed by atoms with Gasteiger partial charge < -0.3 is 33.9 Å². The van der Waals surface area contributed by atoms with Crippen LogP contribution in [0.4, 0.5) is 0 Å². The van der Waals surface area contributed by atoms with Crippen LogP contribution >= 0.6 is 23.2 Å².